The highest BCUT2D eigenvalue weighted by molar-refractivity contribution is 5.76. The molecule has 0 aromatic rings. The lowest BCUT2D eigenvalue weighted by Gasteiger charge is -2.22. The molecule has 21 heavy (non-hydrogen) atoms. The van der Waals surface area contributed by atoms with Crippen LogP contribution in [0.1, 0.15) is 64.7 Å². The second kappa shape index (κ2) is 15.8. The largest absolute Gasteiger partial charge is 0.383 e. The van der Waals surface area contributed by atoms with Gasteiger partial charge in [0.05, 0.1) is 13.2 Å². The van der Waals surface area contributed by atoms with Crippen LogP contribution in [0.15, 0.2) is 0 Å². The van der Waals surface area contributed by atoms with E-state index in [0.29, 0.717) is 32.7 Å². The van der Waals surface area contributed by atoms with Gasteiger partial charge < -0.3 is 14.4 Å². The molecule has 4 nitrogen and oxygen atoms in total. The molecule has 0 heterocycles. The van der Waals surface area contributed by atoms with Crippen LogP contribution in [0.4, 0.5) is 0 Å². The number of nitrogens with zero attached hydrogens (tertiary/aromatic N) is 1. The van der Waals surface area contributed by atoms with Gasteiger partial charge in [0.2, 0.25) is 5.91 Å². The Bertz CT molecular complexity index is 226. The standard InChI is InChI=1S/C17H35NO3/c1-4-5-6-7-8-9-10-11-12-17(19)18(13-15-20-2)14-16-21-3/h4-16H2,1-3H3. The second-order valence-electron chi connectivity index (χ2n) is 5.59. The van der Waals surface area contributed by atoms with Gasteiger partial charge in [-0.1, -0.05) is 51.9 Å². The van der Waals surface area contributed by atoms with Crippen molar-refractivity contribution in [2.45, 2.75) is 64.7 Å². The molecule has 0 aliphatic heterocycles. The zero-order chi connectivity index (χ0) is 15.8. The van der Waals surface area contributed by atoms with Gasteiger partial charge in [0, 0.05) is 33.7 Å². The van der Waals surface area contributed by atoms with E-state index in [2.05, 4.69) is 6.92 Å². The summed E-state index contributed by atoms with van der Waals surface area (Å²) in [6.07, 6.45) is 10.7. The van der Waals surface area contributed by atoms with Crippen molar-refractivity contribution in [1.82, 2.24) is 4.90 Å². The average Bonchev–Trinajstić information content (AvgIpc) is 2.50. The molecule has 0 bridgehead atoms. The molecule has 0 atom stereocenters. The molecule has 0 saturated carbocycles. The lowest BCUT2D eigenvalue weighted by atomic mass is 10.1. The van der Waals surface area contributed by atoms with Crippen LogP contribution >= 0.6 is 0 Å². The van der Waals surface area contributed by atoms with Crippen LogP contribution in [0, 0.1) is 0 Å². The number of carbonyl (C=O) groups excluding carboxylic acids is 1. The van der Waals surface area contributed by atoms with Gasteiger partial charge in [0.1, 0.15) is 0 Å². The molecule has 0 aromatic carbocycles. The number of ether oxygens (including phenoxy) is 2. The smallest absolute Gasteiger partial charge is 0.222 e. The summed E-state index contributed by atoms with van der Waals surface area (Å²) in [5, 5.41) is 0. The zero-order valence-electron chi connectivity index (χ0n) is 14.4. The molecule has 0 aliphatic rings. The maximum atomic E-state index is 12.1. The molecule has 0 radical (unpaired) electrons. The number of unbranched alkanes of at least 4 members (excludes halogenated alkanes) is 7. The summed E-state index contributed by atoms with van der Waals surface area (Å²) in [4.78, 5) is 14.0. The second-order valence-corrected chi connectivity index (χ2v) is 5.59. The number of rotatable bonds is 15. The minimum atomic E-state index is 0.232. The lowest BCUT2D eigenvalue weighted by molar-refractivity contribution is -0.132. The van der Waals surface area contributed by atoms with Gasteiger partial charge in [-0.15, -0.1) is 0 Å². The molecular weight excluding hydrogens is 266 g/mol. The van der Waals surface area contributed by atoms with Crippen LogP contribution in [-0.4, -0.2) is 51.3 Å². The minimum Gasteiger partial charge on any atom is -0.383 e. The van der Waals surface area contributed by atoms with Gasteiger partial charge >= 0.3 is 0 Å². The maximum Gasteiger partial charge on any atom is 0.222 e. The van der Waals surface area contributed by atoms with E-state index >= 15 is 0 Å². The topological polar surface area (TPSA) is 38.8 Å². The maximum absolute atomic E-state index is 12.1. The van der Waals surface area contributed by atoms with E-state index in [1.165, 1.54) is 44.9 Å². The van der Waals surface area contributed by atoms with E-state index < -0.39 is 0 Å². The van der Waals surface area contributed by atoms with E-state index in [4.69, 9.17) is 9.47 Å². The van der Waals surface area contributed by atoms with Gasteiger partial charge in [-0.2, -0.15) is 0 Å². The average molecular weight is 301 g/mol. The van der Waals surface area contributed by atoms with Crippen LogP contribution in [0.5, 0.6) is 0 Å². The first-order valence-corrected chi connectivity index (χ1v) is 8.51. The van der Waals surface area contributed by atoms with Gasteiger partial charge in [-0.25, -0.2) is 0 Å². The Kier molecular flexibility index (Phi) is 15.3. The summed E-state index contributed by atoms with van der Waals surface area (Å²) in [5.74, 6) is 0.232. The number of amides is 1. The molecule has 0 spiro atoms. The van der Waals surface area contributed by atoms with Gasteiger partial charge in [0.15, 0.2) is 0 Å². The highest BCUT2D eigenvalue weighted by Gasteiger charge is 2.12. The van der Waals surface area contributed by atoms with E-state index in [1.54, 1.807) is 14.2 Å². The third-order valence-corrected chi connectivity index (χ3v) is 3.73. The van der Waals surface area contributed by atoms with E-state index in [9.17, 15) is 4.79 Å². The molecule has 0 fully saturated rings. The van der Waals surface area contributed by atoms with E-state index in [-0.39, 0.29) is 5.91 Å². The van der Waals surface area contributed by atoms with E-state index in [1.807, 2.05) is 4.90 Å². The van der Waals surface area contributed by atoms with Crippen molar-refractivity contribution in [2.24, 2.45) is 0 Å². The number of carbonyl (C=O) groups is 1. The van der Waals surface area contributed by atoms with Crippen molar-refractivity contribution in [2.75, 3.05) is 40.5 Å². The molecule has 0 aromatic heterocycles. The summed E-state index contributed by atoms with van der Waals surface area (Å²) >= 11 is 0. The molecule has 0 aliphatic carbocycles. The molecule has 0 rings (SSSR count). The lowest BCUT2D eigenvalue weighted by Crippen LogP contribution is -2.36. The predicted molar refractivity (Wildman–Crippen MR) is 87.6 cm³/mol. The van der Waals surface area contributed by atoms with Gasteiger partial charge in [0.25, 0.3) is 0 Å². The Hall–Kier alpha value is -0.610. The fourth-order valence-electron chi connectivity index (χ4n) is 2.33. The van der Waals surface area contributed by atoms with Crippen LogP contribution in [0.2, 0.25) is 0 Å². The summed E-state index contributed by atoms with van der Waals surface area (Å²) in [6.45, 7) is 4.75. The van der Waals surface area contributed by atoms with E-state index in [0.717, 1.165) is 6.42 Å². The van der Waals surface area contributed by atoms with Crippen LogP contribution in [0.3, 0.4) is 0 Å². The summed E-state index contributed by atoms with van der Waals surface area (Å²) < 4.78 is 10.1. The first kappa shape index (κ1) is 20.4. The fourth-order valence-corrected chi connectivity index (χ4v) is 2.33. The summed E-state index contributed by atoms with van der Waals surface area (Å²) in [7, 11) is 3.33. The fraction of sp³-hybridized carbons (Fsp3) is 0.941. The predicted octanol–water partition coefficient (Wildman–Crippen LogP) is 3.64. The highest BCUT2D eigenvalue weighted by atomic mass is 16.5. The van der Waals surface area contributed by atoms with Crippen LogP contribution in [-0.2, 0) is 14.3 Å². The molecule has 4 heteroatoms. The SMILES string of the molecule is CCCCCCCCCCC(=O)N(CCOC)CCOC. The monoisotopic (exact) mass is 301 g/mol. The summed E-state index contributed by atoms with van der Waals surface area (Å²) in [6, 6.07) is 0. The number of hydrogen-bond donors (Lipinski definition) is 0. The third kappa shape index (κ3) is 12.8. The number of methoxy groups -OCH3 is 2. The normalized spacial score (nSPS) is 10.8. The Morgan fingerprint density at radius 3 is 1.76 bits per heavy atom. The Labute approximate surface area is 131 Å². The number of hydrogen-bond acceptors (Lipinski definition) is 3. The molecule has 126 valence electrons. The minimum absolute atomic E-state index is 0.232. The molecule has 0 N–H and O–H groups in total. The van der Waals surface area contributed by atoms with Gasteiger partial charge in [-0.3, -0.25) is 4.79 Å². The van der Waals surface area contributed by atoms with Crippen molar-refractivity contribution < 1.29 is 14.3 Å². The van der Waals surface area contributed by atoms with Crippen LogP contribution < -0.4 is 0 Å². The quantitative estimate of drug-likeness (QED) is 0.433. The van der Waals surface area contributed by atoms with Crippen molar-refractivity contribution in [1.29, 1.82) is 0 Å². The highest BCUT2D eigenvalue weighted by Crippen LogP contribution is 2.10. The molecule has 0 saturated heterocycles. The first-order chi connectivity index (χ1) is 10.3. The first-order valence-electron chi connectivity index (χ1n) is 8.51. The van der Waals surface area contributed by atoms with Crippen molar-refractivity contribution in [3.8, 4) is 0 Å². The molecule has 1 amide bonds. The molecule has 0 unspecified atom stereocenters. The molecular formula is C17H35NO3. The third-order valence-electron chi connectivity index (χ3n) is 3.73. The van der Waals surface area contributed by atoms with Crippen molar-refractivity contribution >= 4 is 5.91 Å². The summed E-state index contributed by atoms with van der Waals surface area (Å²) in [5.41, 5.74) is 0. The van der Waals surface area contributed by atoms with Gasteiger partial charge in [-0.05, 0) is 6.42 Å². The Morgan fingerprint density at radius 2 is 1.29 bits per heavy atom. The van der Waals surface area contributed by atoms with Crippen molar-refractivity contribution in [3.63, 3.8) is 0 Å². The van der Waals surface area contributed by atoms with Crippen LogP contribution in [0.25, 0.3) is 0 Å². The Morgan fingerprint density at radius 1 is 0.810 bits per heavy atom. The Balaban J connectivity index is 3.66. The van der Waals surface area contributed by atoms with Crippen molar-refractivity contribution in [3.05, 3.63) is 0 Å². The zero-order valence-corrected chi connectivity index (χ0v) is 14.4.